The molecule has 7 nitrogen and oxygen atoms in total. The van der Waals surface area contributed by atoms with E-state index in [-0.39, 0.29) is 0 Å². The smallest absolute Gasteiger partial charge is 0.408 e. The van der Waals surface area contributed by atoms with Crippen LogP contribution in [0.2, 0.25) is 0 Å². The lowest BCUT2D eigenvalue weighted by Gasteiger charge is -1.98. The van der Waals surface area contributed by atoms with Crippen molar-refractivity contribution in [2.24, 2.45) is 0 Å². The highest BCUT2D eigenvalue weighted by Gasteiger charge is 2.11. The second-order valence-electron chi connectivity index (χ2n) is 5.19. The van der Waals surface area contributed by atoms with Crippen LogP contribution in [-0.2, 0) is 13.1 Å². The van der Waals surface area contributed by atoms with Crippen LogP contribution in [0.5, 0.6) is 0 Å². The van der Waals surface area contributed by atoms with Crippen LogP contribution in [0.1, 0.15) is 16.4 Å². The average Bonchev–Trinajstić information content (AvgIpc) is 3.22. The van der Waals surface area contributed by atoms with Crippen molar-refractivity contribution in [3.05, 3.63) is 62.8 Å². The van der Waals surface area contributed by atoms with Crippen molar-refractivity contribution in [1.82, 2.24) is 24.5 Å². The Labute approximate surface area is 134 Å². The fourth-order valence-corrected chi connectivity index (χ4v) is 3.06. The molecule has 3 heterocycles. The summed E-state index contributed by atoms with van der Waals surface area (Å²) >= 11 is 1.61. The largest absolute Gasteiger partial charge is 0.420 e. The van der Waals surface area contributed by atoms with Crippen LogP contribution in [0, 0.1) is 6.92 Å². The first-order valence-electron chi connectivity index (χ1n) is 7.07. The molecule has 4 rings (SSSR count). The highest BCUT2D eigenvalue weighted by atomic mass is 32.1. The molecule has 0 fully saturated rings. The zero-order chi connectivity index (χ0) is 15.8. The highest BCUT2D eigenvalue weighted by Crippen LogP contribution is 2.13. The molecule has 1 aromatic carbocycles. The lowest BCUT2D eigenvalue weighted by Crippen LogP contribution is -2.15. The first-order chi connectivity index (χ1) is 11.2. The molecule has 0 saturated heterocycles. The summed E-state index contributed by atoms with van der Waals surface area (Å²) in [7, 11) is 0. The minimum absolute atomic E-state index is 0.325. The minimum Gasteiger partial charge on any atom is -0.408 e. The SMILES string of the molecule is Cc1nc(Cn2cc(Cn3c(=O)oc4ccccc43)nn2)cs1. The van der Waals surface area contributed by atoms with Crippen molar-refractivity contribution < 1.29 is 4.42 Å². The third kappa shape index (κ3) is 2.68. The summed E-state index contributed by atoms with van der Waals surface area (Å²) in [5.41, 5.74) is 2.98. The van der Waals surface area contributed by atoms with Gasteiger partial charge < -0.3 is 4.42 Å². The molecule has 0 radical (unpaired) electrons. The number of rotatable bonds is 4. The molecule has 8 heteroatoms. The predicted molar refractivity (Wildman–Crippen MR) is 85.6 cm³/mol. The summed E-state index contributed by atoms with van der Waals surface area (Å²) in [5, 5.41) is 11.3. The van der Waals surface area contributed by atoms with Crippen LogP contribution in [0.25, 0.3) is 11.1 Å². The molecule has 0 aliphatic heterocycles. The van der Waals surface area contributed by atoms with Gasteiger partial charge in [0.1, 0.15) is 5.69 Å². The number of aryl methyl sites for hydroxylation is 1. The third-order valence-electron chi connectivity index (χ3n) is 3.47. The predicted octanol–water partition coefficient (Wildman–Crippen LogP) is 2.05. The maximum Gasteiger partial charge on any atom is 0.420 e. The molecule has 0 N–H and O–H groups in total. The van der Waals surface area contributed by atoms with Crippen molar-refractivity contribution in [1.29, 1.82) is 0 Å². The Balaban J connectivity index is 1.59. The summed E-state index contributed by atoms with van der Waals surface area (Å²) in [4.78, 5) is 16.4. The van der Waals surface area contributed by atoms with Crippen LogP contribution in [0.3, 0.4) is 0 Å². The van der Waals surface area contributed by atoms with E-state index in [2.05, 4.69) is 15.3 Å². The Hall–Kier alpha value is -2.74. The maximum absolute atomic E-state index is 12.0. The van der Waals surface area contributed by atoms with E-state index in [1.54, 1.807) is 26.7 Å². The Morgan fingerprint density at radius 2 is 2.09 bits per heavy atom. The zero-order valence-electron chi connectivity index (χ0n) is 12.3. The fourth-order valence-electron chi connectivity index (χ4n) is 2.46. The van der Waals surface area contributed by atoms with Crippen LogP contribution in [0.4, 0.5) is 0 Å². The first-order valence-corrected chi connectivity index (χ1v) is 7.95. The summed E-state index contributed by atoms with van der Waals surface area (Å²) in [6.07, 6.45) is 1.82. The first kappa shape index (κ1) is 13.9. The number of benzene rings is 1. The standard InChI is InChI=1S/C15H13N5O2S/c1-10-16-12(9-23-10)7-19-6-11(17-18-19)8-20-13-4-2-3-5-14(13)22-15(20)21/h2-6,9H,7-8H2,1H3. The van der Waals surface area contributed by atoms with E-state index >= 15 is 0 Å². The average molecular weight is 327 g/mol. The van der Waals surface area contributed by atoms with Crippen LogP contribution in [0.15, 0.2) is 45.1 Å². The van der Waals surface area contributed by atoms with Gasteiger partial charge >= 0.3 is 5.76 Å². The molecule has 0 aliphatic carbocycles. The molecule has 0 atom stereocenters. The summed E-state index contributed by atoms with van der Waals surface area (Å²) in [5.74, 6) is -0.393. The van der Waals surface area contributed by atoms with Crippen molar-refractivity contribution in [2.45, 2.75) is 20.0 Å². The van der Waals surface area contributed by atoms with Gasteiger partial charge in [-0.25, -0.2) is 14.5 Å². The monoisotopic (exact) mass is 327 g/mol. The summed E-state index contributed by atoms with van der Waals surface area (Å²) < 4.78 is 8.49. The summed E-state index contributed by atoms with van der Waals surface area (Å²) in [6.45, 7) is 2.86. The quantitative estimate of drug-likeness (QED) is 0.573. The number of hydrogen-bond donors (Lipinski definition) is 0. The van der Waals surface area contributed by atoms with E-state index in [0.717, 1.165) is 16.2 Å². The molecule has 0 amide bonds. The Morgan fingerprint density at radius 1 is 1.22 bits per heavy atom. The van der Waals surface area contributed by atoms with Gasteiger partial charge in [-0.15, -0.1) is 16.4 Å². The molecule has 0 aliphatic rings. The second kappa shape index (κ2) is 5.47. The number of nitrogens with zero attached hydrogens (tertiary/aromatic N) is 5. The Morgan fingerprint density at radius 3 is 2.91 bits per heavy atom. The molecule has 116 valence electrons. The van der Waals surface area contributed by atoms with Crippen molar-refractivity contribution in [2.75, 3.05) is 0 Å². The number of fused-ring (bicyclic) bond motifs is 1. The van der Waals surface area contributed by atoms with Gasteiger partial charge in [0.15, 0.2) is 5.58 Å². The van der Waals surface area contributed by atoms with E-state index in [1.165, 1.54) is 0 Å². The molecule has 0 spiro atoms. The van der Waals surface area contributed by atoms with Gasteiger partial charge in [-0.2, -0.15) is 0 Å². The van der Waals surface area contributed by atoms with Gasteiger partial charge in [0.05, 0.1) is 35.5 Å². The van der Waals surface area contributed by atoms with Crippen LogP contribution < -0.4 is 5.76 Å². The van der Waals surface area contributed by atoms with E-state index in [9.17, 15) is 4.79 Å². The lowest BCUT2D eigenvalue weighted by molar-refractivity contribution is 0.516. The molecule has 4 aromatic rings. The molecular weight excluding hydrogens is 314 g/mol. The van der Waals surface area contributed by atoms with Crippen molar-refractivity contribution in [3.8, 4) is 0 Å². The molecular formula is C15H13N5O2S. The Kier molecular flexibility index (Phi) is 3.30. The molecule has 0 bridgehead atoms. The Bertz CT molecular complexity index is 1030. The molecule has 23 heavy (non-hydrogen) atoms. The van der Waals surface area contributed by atoms with Gasteiger partial charge in [-0.3, -0.25) is 4.57 Å². The van der Waals surface area contributed by atoms with Crippen molar-refractivity contribution in [3.63, 3.8) is 0 Å². The summed E-state index contributed by atoms with van der Waals surface area (Å²) in [6, 6.07) is 7.33. The number of thiazole rings is 1. The van der Waals surface area contributed by atoms with E-state index in [0.29, 0.717) is 24.4 Å². The molecule has 0 saturated carbocycles. The van der Waals surface area contributed by atoms with Gasteiger partial charge in [0.25, 0.3) is 0 Å². The number of aromatic nitrogens is 5. The van der Waals surface area contributed by atoms with E-state index in [1.807, 2.05) is 36.7 Å². The number of para-hydroxylation sites is 2. The lowest BCUT2D eigenvalue weighted by atomic mass is 10.3. The van der Waals surface area contributed by atoms with Crippen molar-refractivity contribution >= 4 is 22.4 Å². The van der Waals surface area contributed by atoms with E-state index in [4.69, 9.17) is 4.42 Å². The number of hydrogen-bond acceptors (Lipinski definition) is 6. The normalized spacial score (nSPS) is 11.3. The molecule has 3 aromatic heterocycles. The van der Waals surface area contributed by atoms with Crippen LogP contribution >= 0.6 is 11.3 Å². The topological polar surface area (TPSA) is 78.7 Å². The van der Waals surface area contributed by atoms with Gasteiger partial charge in [-0.05, 0) is 19.1 Å². The number of oxazole rings is 1. The fraction of sp³-hybridized carbons (Fsp3) is 0.200. The van der Waals surface area contributed by atoms with Gasteiger partial charge in [0, 0.05) is 5.38 Å². The molecule has 0 unspecified atom stereocenters. The second-order valence-corrected chi connectivity index (χ2v) is 6.25. The van der Waals surface area contributed by atoms with Gasteiger partial charge in [-0.1, -0.05) is 17.3 Å². The minimum atomic E-state index is -0.393. The highest BCUT2D eigenvalue weighted by molar-refractivity contribution is 7.09. The van der Waals surface area contributed by atoms with E-state index < -0.39 is 5.76 Å². The van der Waals surface area contributed by atoms with Crippen LogP contribution in [-0.4, -0.2) is 24.5 Å². The third-order valence-corrected chi connectivity index (χ3v) is 4.29. The maximum atomic E-state index is 12.0. The van der Waals surface area contributed by atoms with Gasteiger partial charge in [0.2, 0.25) is 0 Å². The zero-order valence-corrected chi connectivity index (χ0v) is 13.2.